The Balaban J connectivity index is 1.43. The third kappa shape index (κ3) is 4.51. The first kappa shape index (κ1) is 17.7. The van der Waals surface area contributed by atoms with E-state index >= 15 is 0 Å². The Hall–Kier alpha value is -2.08. The third-order valence-corrected chi connectivity index (χ3v) is 5.16. The summed E-state index contributed by atoms with van der Waals surface area (Å²) in [5.74, 6) is 0.947. The van der Waals surface area contributed by atoms with Gasteiger partial charge in [-0.25, -0.2) is 0 Å². The van der Waals surface area contributed by atoms with E-state index in [1.807, 2.05) is 11.0 Å². The van der Waals surface area contributed by atoms with E-state index < -0.39 is 0 Å². The summed E-state index contributed by atoms with van der Waals surface area (Å²) >= 11 is 0. The van der Waals surface area contributed by atoms with E-state index in [0.717, 1.165) is 31.7 Å². The zero-order chi connectivity index (χ0) is 17.8. The number of carbonyl (C=O) groups excluding carboxylic acids is 2. The monoisotopic (exact) mass is 346 g/mol. The molecule has 1 aliphatic carbocycles. The quantitative estimate of drug-likeness (QED) is 0.772. The summed E-state index contributed by atoms with van der Waals surface area (Å²) in [5.41, 5.74) is 2.76. The minimum atomic E-state index is 0.0264. The van der Waals surface area contributed by atoms with Crippen LogP contribution < -0.4 is 9.64 Å². The van der Waals surface area contributed by atoms with Crippen molar-refractivity contribution in [1.29, 1.82) is 0 Å². The number of likely N-dealkylation sites (N-methyl/N-ethyl adjacent to an activating group) is 1. The first-order valence-corrected chi connectivity index (χ1v) is 9.09. The first-order valence-electron chi connectivity index (χ1n) is 9.09. The van der Waals surface area contributed by atoms with Gasteiger partial charge in [0.25, 0.3) is 11.8 Å². The van der Waals surface area contributed by atoms with Crippen LogP contribution in [0.25, 0.3) is 0 Å². The highest BCUT2D eigenvalue weighted by atomic mass is 16.5. The lowest BCUT2D eigenvalue weighted by molar-refractivity contribution is -0.896. The van der Waals surface area contributed by atoms with Crippen LogP contribution in [0.5, 0.6) is 5.75 Å². The highest BCUT2D eigenvalue weighted by molar-refractivity contribution is 5.78. The van der Waals surface area contributed by atoms with Gasteiger partial charge in [-0.1, -0.05) is 6.07 Å². The fourth-order valence-electron chi connectivity index (χ4n) is 3.50. The number of amides is 2. The van der Waals surface area contributed by atoms with Crippen LogP contribution in [0.4, 0.5) is 0 Å². The van der Waals surface area contributed by atoms with Crippen molar-refractivity contribution in [2.75, 3.05) is 53.4 Å². The van der Waals surface area contributed by atoms with E-state index in [9.17, 15) is 9.59 Å². The maximum Gasteiger partial charge on any atom is 0.277 e. The molecule has 0 atom stereocenters. The Morgan fingerprint density at radius 1 is 1.16 bits per heavy atom. The van der Waals surface area contributed by atoms with Crippen molar-refractivity contribution in [3.8, 4) is 5.75 Å². The number of rotatable bonds is 5. The largest absolute Gasteiger partial charge is 0.484 e. The number of piperazine rings is 1. The number of fused-ring (bicyclic) bond motifs is 1. The SMILES string of the molecule is CN(C)C(=O)C[NH+]1CCN(C(=O)COc2ccc3c(c2)CCC3)CC1. The molecule has 1 saturated heterocycles. The number of hydrogen-bond acceptors (Lipinski definition) is 3. The van der Waals surface area contributed by atoms with E-state index in [1.165, 1.54) is 22.4 Å². The summed E-state index contributed by atoms with van der Waals surface area (Å²) < 4.78 is 5.71. The Morgan fingerprint density at radius 2 is 1.88 bits per heavy atom. The maximum atomic E-state index is 12.4. The molecule has 1 N–H and O–H groups in total. The second-order valence-electron chi connectivity index (χ2n) is 7.17. The van der Waals surface area contributed by atoms with Crippen LogP contribution in [0.1, 0.15) is 17.5 Å². The molecule has 1 aromatic carbocycles. The van der Waals surface area contributed by atoms with Crippen molar-refractivity contribution in [3.05, 3.63) is 29.3 Å². The standard InChI is InChI=1S/C19H27N3O3/c1-20(2)18(23)13-21-8-10-22(11-9-21)19(24)14-25-17-7-6-15-4-3-5-16(15)12-17/h6-7,12H,3-5,8-11,13-14H2,1-2H3/p+1. The zero-order valence-electron chi connectivity index (χ0n) is 15.2. The Morgan fingerprint density at radius 3 is 2.60 bits per heavy atom. The second kappa shape index (κ2) is 7.87. The van der Waals surface area contributed by atoms with Crippen LogP contribution in [0.3, 0.4) is 0 Å². The summed E-state index contributed by atoms with van der Waals surface area (Å²) in [6.45, 7) is 3.57. The number of quaternary nitrogens is 1. The highest BCUT2D eigenvalue weighted by Crippen LogP contribution is 2.25. The van der Waals surface area contributed by atoms with Gasteiger partial charge in [0.15, 0.2) is 13.2 Å². The molecular formula is C19H28N3O3+. The molecule has 3 rings (SSSR count). The van der Waals surface area contributed by atoms with E-state index in [0.29, 0.717) is 19.6 Å². The summed E-state index contributed by atoms with van der Waals surface area (Å²) in [6, 6.07) is 6.16. The number of carbonyl (C=O) groups is 2. The Kier molecular flexibility index (Phi) is 5.58. The van der Waals surface area contributed by atoms with Gasteiger partial charge in [-0.2, -0.15) is 0 Å². The predicted molar refractivity (Wildman–Crippen MR) is 94.8 cm³/mol. The molecule has 2 amide bonds. The molecule has 0 unspecified atom stereocenters. The van der Waals surface area contributed by atoms with Gasteiger partial charge >= 0.3 is 0 Å². The van der Waals surface area contributed by atoms with E-state index in [4.69, 9.17) is 4.74 Å². The molecule has 136 valence electrons. The molecule has 1 aliphatic heterocycles. The predicted octanol–water partition coefficient (Wildman–Crippen LogP) is -0.631. The van der Waals surface area contributed by atoms with Gasteiger partial charge in [0.1, 0.15) is 5.75 Å². The first-order chi connectivity index (χ1) is 12.0. The van der Waals surface area contributed by atoms with Gasteiger partial charge in [-0.15, -0.1) is 0 Å². The smallest absolute Gasteiger partial charge is 0.277 e. The minimum absolute atomic E-state index is 0.0264. The molecule has 6 heteroatoms. The van der Waals surface area contributed by atoms with Gasteiger partial charge < -0.3 is 19.4 Å². The molecular weight excluding hydrogens is 318 g/mol. The number of nitrogens with zero attached hydrogens (tertiary/aromatic N) is 2. The van der Waals surface area contributed by atoms with E-state index in [-0.39, 0.29) is 18.4 Å². The highest BCUT2D eigenvalue weighted by Gasteiger charge is 2.25. The topological polar surface area (TPSA) is 54.3 Å². The molecule has 0 radical (unpaired) electrons. The molecule has 1 aromatic rings. The number of nitrogens with one attached hydrogen (secondary N) is 1. The lowest BCUT2D eigenvalue weighted by atomic mass is 10.1. The number of ether oxygens (including phenoxy) is 1. The average molecular weight is 346 g/mol. The molecule has 25 heavy (non-hydrogen) atoms. The maximum absolute atomic E-state index is 12.4. The van der Waals surface area contributed by atoms with E-state index in [1.54, 1.807) is 19.0 Å². The van der Waals surface area contributed by atoms with Crippen LogP contribution in [-0.4, -0.2) is 75.0 Å². The summed E-state index contributed by atoms with van der Waals surface area (Å²) in [7, 11) is 3.55. The molecule has 1 fully saturated rings. The van der Waals surface area contributed by atoms with Crippen molar-refractivity contribution in [2.45, 2.75) is 19.3 Å². The van der Waals surface area contributed by atoms with Crippen LogP contribution in [-0.2, 0) is 22.4 Å². The lowest BCUT2D eigenvalue weighted by Gasteiger charge is -2.32. The Labute approximate surface area is 149 Å². The molecule has 0 aromatic heterocycles. The van der Waals surface area contributed by atoms with Gasteiger partial charge in [0.2, 0.25) is 0 Å². The average Bonchev–Trinajstić information content (AvgIpc) is 3.08. The van der Waals surface area contributed by atoms with E-state index in [2.05, 4.69) is 12.1 Å². The molecule has 0 saturated carbocycles. The normalized spacial score (nSPS) is 17.3. The summed E-state index contributed by atoms with van der Waals surface area (Å²) in [5, 5.41) is 0. The van der Waals surface area contributed by atoms with Crippen LogP contribution in [0, 0.1) is 0 Å². The summed E-state index contributed by atoms with van der Waals surface area (Å²) in [4.78, 5) is 28.8. The van der Waals surface area contributed by atoms with Gasteiger partial charge in [0.05, 0.1) is 26.2 Å². The van der Waals surface area contributed by atoms with Gasteiger partial charge in [-0.3, -0.25) is 9.59 Å². The Bertz CT molecular complexity index is 637. The molecule has 6 nitrogen and oxygen atoms in total. The second-order valence-corrected chi connectivity index (χ2v) is 7.17. The van der Waals surface area contributed by atoms with Crippen LogP contribution >= 0.6 is 0 Å². The van der Waals surface area contributed by atoms with Crippen molar-refractivity contribution in [3.63, 3.8) is 0 Å². The molecule has 2 aliphatic rings. The summed E-state index contributed by atoms with van der Waals surface area (Å²) in [6.07, 6.45) is 3.47. The number of hydrogen-bond donors (Lipinski definition) is 1. The molecule has 0 bridgehead atoms. The molecule has 0 spiro atoms. The number of benzene rings is 1. The fourth-order valence-corrected chi connectivity index (χ4v) is 3.50. The minimum Gasteiger partial charge on any atom is -0.484 e. The zero-order valence-corrected chi connectivity index (χ0v) is 15.2. The van der Waals surface area contributed by atoms with Crippen molar-refractivity contribution >= 4 is 11.8 Å². The lowest BCUT2D eigenvalue weighted by Crippen LogP contribution is -3.15. The van der Waals surface area contributed by atoms with Crippen LogP contribution in [0.15, 0.2) is 18.2 Å². The van der Waals surface area contributed by atoms with Crippen molar-refractivity contribution in [2.24, 2.45) is 0 Å². The van der Waals surface area contributed by atoms with Crippen molar-refractivity contribution < 1.29 is 19.2 Å². The van der Waals surface area contributed by atoms with Gasteiger partial charge in [0, 0.05) is 14.1 Å². The third-order valence-electron chi connectivity index (χ3n) is 5.16. The fraction of sp³-hybridized carbons (Fsp3) is 0.579. The van der Waals surface area contributed by atoms with Crippen LogP contribution in [0.2, 0.25) is 0 Å². The van der Waals surface area contributed by atoms with Crippen molar-refractivity contribution in [1.82, 2.24) is 9.80 Å². The molecule has 1 heterocycles. The van der Waals surface area contributed by atoms with Gasteiger partial charge in [-0.05, 0) is 42.5 Å². The number of aryl methyl sites for hydroxylation is 2.